The molecule has 0 aromatic heterocycles. The number of nitrogens with one attached hydrogen (secondary N) is 2. The second-order valence-electron chi connectivity index (χ2n) is 12.0. The molecule has 3 aliphatic heterocycles. The second-order valence-corrected chi connectivity index (χ2v) is 12.9. The molecule has 1 aromatic rings. The van der Waals surface area contributed by atoms with Crippen molar-refractivity contribution in [2.75, 3.05) is 18.1 Å². The number of hydrogen-bond donors (Lipinski definition) is 2. The largest absolute Gasteiger partial charge is 0.359 e. The molecule has 8 heteroatoms. The van der Waals surface area contributed by atoms with Crippen LogP contribution in [0, 0.1) is 29.6 Å². The fourth-order valence-electron chi connectivity index (χ4n) is 6.88. The van der Waals surface area contributed by atoms with E-state index in [1.54, 1.807) is 16.7 Å². The number of carbonyl (C=O) groups excluding carboxylic acids is 3. The minimum absolute atomic E-state index is 0.0779. The molecule has 3 amide bonds. The lowest BCUT2D eigenvalue weighted by Crippen LogP contribution is -2.58. The highest BCUT2D eigenvalue weighted by molar-refractivity contribution is 7.98. The molecule has 1 spiro atoms. The zero-order valence-corrected chi connectivity index (χ0v) is 23.9. The van der Waals surface area contributed by atoms with Gasteiger partial charge in [-0.3, -0.25) is 14.4 Å². The maximum absolute atomic E-state index is 14.0. The Hall–Kier alpha value is -2.32. The molecule has 4 aliphatic rings. The van der Waals surface area contributed by atoms with Gasteiger partial charge in [-0.2, -0.15) is 0 Å². The van der Waals surface area contributed by atoms with Gasteiger partial charge < -0.3 is 20.3 Å². The number of thioether (sulfide) groups is 1. The van der Waals surface area contributed by atoms with Crippen LogP contribution >= 0.6 is 11.8 Å². The average Bonchev–Trinajstić information content (AvgIpc) is 3.52. The number of anilines is 1. The van der Waals surface area contributed by atoms with Gasteiger partial charge in [0.2, 0.25) is 17.7 Å². The van der Waals surface area contributed by atoms with E-state index >= 15 is 0 Å². The molecule has 206 valence electrons. The zero-order chi connectivity index (χ0) is 27.2. The van der Waals surface area contributed by atoms with E-state index in [4.69, 9.17) is 4.74 Å². The predicted octanol–water partition coefficient (Wildman–Crippen LogP) is 4.48. The summed E-state index contributed by atoms with van der Waals surface area (Å²) in [5.74, 6) is -0.662. The van der Waals surface area contributed by atoms with E-state index in [-0.39, 0.29) is 23.8 Å². The van der Waals surface area contributed by atoms with Gasteiger partial charge in [-0.05, 0) is 55.1 Å². The molecule has 1 aliphatic carbocycles. The van der Waals surface area contributed by atoms with Gasteiger partial charge in [0.1, 0.15) is 11.6 Å². The van der Waals surface area contributed by atoms with Crippen LogP contribution in [-0.2, 0) is 19.1 Å². The first kappa shape index (κ1) is 27.3. The molecule has 8 atom stereocenters. The average molecular weight is 540 g/mol. The van der Waals surface area contributed by atoms with Crippen molar-refractivity contribution in [1.29, 1.82) is 0 Å². The highest BCUT2D eigenvalue weighted by Gasteiger charge is 2.72. The first-order chi connectivity index (χ1) is 18.2. The Labute approximate surface area is 230 Å². The molecule has 0 unspecified atom stereocenters. The maximum atomic E-state index is 14.0. The molecule has 3 fully saturated rings. The number of rotatable bonds is 8. The molecule has 1 aromatic carbocycles. The van der Waals surface area contributed by atoms with Crippen LogP contribution < -0.4 is 10.6 Å². The van der Waals surface area contributed by atoms with E-state index in [0.29, 0.717) is 30.0 Å². The molecule has 0 radical (unpaired) electrons. The van der Waals surface area contributed by atoms with Crippen LogP contribution in [0.5, 0.6) is 0 Å². The molecule has 38 heavy (non-hydrogen) atoms. The van der Waals surface area contributed by atoms with E-state index < -0.39 is 29.6 Å². The zero-order valence-electron chi connectivity index (χ0n) is 23.1. The molecule has 3 heterocycles. The number of ether oxygens (including phenoxy) is 1. The van der Waals surface area contributed by atoms with Crippen LogP contribution in [0.4, 0.5) is 5.69 Å². The summed E-state index contributed by atoms with van der Waals surface area (Å²) in [6.45, 7) is 9.14. The van der Waals surface area contributed by atoms with E-state index in [1.807, 2.05) is 42.7 Å². The number of benzene rings is 1. The Morgan fingerprint density at radius 2 is 2.00 bits per heavy atom. The van der Waals surface area contributed by atoms with Crippen LogP contribution in [-0.4, -0.2) is 59.2 Å². The van der Waals surface area contributed by atoms with Gasteiger partial charge >= 0.3 is 0 Å². The molecular formula is C30H41N3O4S. The van der Waals surface area contributed by atoms with Crippen molar-refractivity contribution in [1.82, 2.24) is 10.2 Å². The third kappa shape index (κ3) is 4.68. The van der Waals surface area contributed by atoms with E-state index in [9.17, 15) is 14.4 Å². The van der Waals surface area contributed by atoms with Crippen molar-refractivity contribution in [2.45, 2.75) is 82.1 Å². The number of carbonyl (C=O) groups is 3. The topological polar surface area (TPSA) is 87.7 Å². The summed E-state index contributed by atoms with van der Waals surface area (Å²) >= 11 is 1.60. The highest BCUT2D eigenvalue weighted by atomic mass is 32.2. The molecule has 2 bridgehead atoms. The molecule has 2 saturated heterocycles. The first-order valence-corrected chi connectivity index (χ1v) is 15.3. The Bertz CT molecular complexity index is 1120. The van der Waals surface area contributed by atoms with Crippen molar-refractivity contribution < 1.29 is 19.1 Å². The van der Waals surface area contributed by atoms with Crippen molar-refractivity contribution >= 4 is 35.2 Å². The molecular weight excluding hydrogens is 498 g/mol. The van der Waals surface area contributed by atoms with Crippen molar-refractivity contribution in [3.63, 3.8) is 0 Å². The van der Waals surface area contributed by atoms with Gasteiger partial charge in [0, 0.05) is 23.2 Å². The van der Waals surface area contributed by atoms with Crippen LogP contribution in [0.1, 0.15) is 53.4 Å². The molecule has 7 nitrogen and oxygen atoms in total. The number of hydrogen-bond acceptors (Lipinski definition) is 5. The van der Waals surface area contributed by atoms with E-state index in [1.165, 1.54) is 6.42 Å². The van der Waals surface area contributed by atoms with E-state index in [0.717, 1.165) is 24.2 Å². The Morgan fingerprint density at radius 3 is 2.74 bits per heavy atom. The highest BCUT2D eigenvalue weighted by Crippen LogP contribution is 2.55. The summed E-state index contributed by atoms with van der Waals surface area (Å²) in [6.07, 6.45) is 9.22. The summed E-state index contributed by atoms with van der Waals surface area (Å²) < 4.78 is 6.48. The SMILES string of the molecule is CSc1cccc(NC(=O)[C@H]2[C@H]3C=C[C@@]4(O3)[C@H]2C(=O)N(CCC(C)C)[C@@H]4C(=O)N[C@@H]2CCC[C@H](C)[C@H]2C)c1. The minimum atomic E-state index is -1.12. The Balaban J connectivity index is 1.43. The van der Waals surface area contributed by atoms with Crippen LogP contribution in [0.15, 0.2) is 41.3 Å². The van der Waals surface area contributed by atoms with Gasteiger partial charge in [-0.15, -0.1) is 11.8 Å². The maximum Gasteiger partial charge on any atom is 0.246 e. The number of amides is 3. The van der Waals surface area contributed by atoms with Crippen LogP contribution in [0.2, 0.25) is 0 Å². The first-order valence-electron chi connectivity index (χ1n) is 14.1. The fraction of sp³-hybridized carbons (Fsp3) is 0.633. The lowest BCUT2D eigenvalue weighted by molar-refractivity contribution is -0.141. The minimum Gasteiger partial charge on any atom is -0.359 e. The number of fused-ring (bicyclic) bond motifs is 1. The lowest BCUT2D eigenvalue weighted by Gasteiger charge is -2.38. The van der Waals surface area contributed by atoms with Gasteiger partial charge in [-0.25, -0.2) is 0 Å². The lowest BCUT2D eigenvalue weighted by atomic mass is 9.73. The second kappa shape index (κ2) is 10.7. The molecule has 5 rings (SSSR count). The van der Waals surface area contributed by atoms with Gasteiger partial charge in [0.15, 0.2) is 0 Å². The van der Waals surface area contributed by atoms with Crippen molar-refractivity contribution in [2.24, 2.45) is 29.6 Å². The monoisotopic (exact) mass is 539 g/mol. The summed E-state index contributed by atoms with van der Waals surface area (Å²) in [6, 6.07) is 6.98. The molecule has 1 saturated carbocycles. The van der Waals surface area contributed by atoms with Crippen LogP contribution in [0.3, 0.4) is 0 Å². The predicted molar refractivity (Wildman–Crippen MR) is 150 cm³/mol. The third-order valence-electron chi connectivity index (χ3n) is 9.24. The van der Waals surface area contributed by atoms with Crippen molar-refractivity contribution in [3.05, 3.63) is 36.4 Å². The van der Waals surface area contributed by atoms with Gasteiger partial charge in [0.05, 0.1) is 17.9 Å². The third-order valence-corrected chi connectivity index (χ3v) is 9.97. The fourth-order valence-corrected chi connectivity index (χ4v) is 7.34. The quantitative estimate of drug-likeness (QED) is 0.376. The summed E-state index contributed by atoms with van der Waals surface area (Å²) in [4.78, 5) is 44.4. The van der Waals surface area contributed by atoms with Crippen LogP contribution in [0.25, 0.3) is 0 Å². The van der Waals surface area contributed by atoms with Crippen molar-refractivity contribution in [3.8, 4) is 0 Å². The number of likely N-dealkylation sites (tertiary alicyclic amines) is 1. The smallest absolute Gasteiger partial charge is 0.246 e. The summed E-state index contributed by atoms with van der Waals surface area (Å²) in [7, 11) is 0. The normalized spacial score (nSPS) is 35.6. The standard InChI is InChI=1S/C30H41N3O4S/c1-17(2)13-15-33-26(28(35)32-22-11-6-8-18(3)19(22)4)30-14-12-23(37-30)24(25(30)29(33)36)27(34)31-20-9-7-10-21(16-20)38-5/h7,9-10,12,14,16-19,22-26H,6,8,11,13,15H2,1-5H3,(H,31,34)(H,32,35)/t18-,19+,22+,23+,24-,25+,26+,30+/m0/s1. The summed E-state index contributed by atoms with van der Waals surface area (Å²) in [5.41, 5.74) is -0.422. The van der Waals surface area contributed by atoms with Gasteiger partial charge in [0.25, 0.3) is 0 Å². The molecule has 2 N–H and O–H groups in total. The Kier molecular flexibility index (Phi) is 7.66. The van der Waals surface area contributed by atoms with Gasteiger partial charge in [-0.1, -0.05) is 58.8 Å². The number of nitrogens with zero attached hydrogens (tertiary/aromatic N) is 1. The Morgan fingerprint density at radius 1 is 1.21 bits per heavy atom. The van der Waals surface area contributed by atoms with E-state index in [2.05, 4.69) is 38.3 Å². The summed E-state index contributed by atoms with van der Waals surface area (Å²) in [5, 5.41) is 6.34.